The Morgan fingerprint density at radius 3 is 2.86 bits per heavy atom. The van der Waals surface area contributed by atoms with Crippen LogP contribution in [0.25, 0.3) is 27.7 Å². The third-order valence-electron chi connectivity index (χ3n) is 6.18. The number of anilines is 1. The summed E-state index contributed by atoms with van der Waals surface area (Å²) in [6.07, 6.45) is 0.913. The fraction of sp³-hybridized carbons (Fsp3) is 0.435. The summed E-state index contributed by atoms with van der Waals surface area (Å²) in [4.78, 5) is 9.37. The summed E-state index contributed by atoms with van der Waals surface area (Å²) in [5.74, 6) is -3.71. The van der Waals surface area contributed by atoms with Crippen molar-refractivity contribution >= 4 is 22.5 Å². The van der Waals surface area contributed by atoms with Crippen LogP contribution >= 0.6 is 0 Å². The van der Waals surface area contributed by atoms with Crippen LogP contribution in [0.1, 0.15) is 16.4 Å². The van der Waals surface area contributed by atoms with Gasteiger partial charge in [0.25, 0.3) is 5.92 Å². The van der Waals surface area contributed by atoms with Gasteiger partial charge in [0.05, 0.1) is 49.0 Å². The van der Waals surface area contributed by atoms with Crippen LogP contribution in [0.3, 0.4) is 0 Å². The minimum atomic E-state index is -3.39. The zero-order valence-electron chi connectivity index (χ0n) is 22.0. The van der Waals surface area contributed by atoms with E-state index in [-0.39, 0.29) is 42.4 Å². The highest BCUT2D eigenvalue weighted by molar-refractivity contribution is 5.90. The molecule has 1 fully saturated rings. The van der Waals surface area contributed by atoms with Crippen molar-refractivity contribution in [1.29, 1.82) is 0 Å². The Morgan fingerprint density at radius 1 is 1.31 bits per heavy atom. The summed E-state index contributed by atoms with van der Waals surface area (Å²) in [5, 5.41) is 6.75. The van der Waals surface area contributed by atoms with E-state index >= 15 is 4.39 Å². The number of piperidine rings is 1. The van der Waals surface area contributed by atoms with E-state index in [0.29, 0.717) is 22.4 Å². The summed E-state index contributed by atoms with van der Waals surface area (Å²) in [7, 11) is 1.31. The lowest BCUT2D eigenvalue weighted by molar-refractivity contribution is -0.0675. The molecule has 1 N–H and O–H groups in total. The zero-order valence-corrected chi connectivity index (χ0v) is 19.0. The molecule has 1 unspecified atom stereocenters. The number of hydrogen-bond donors (Lipinski definition) is 1. The van der Waals surface area contributed by atoms with Crippen molar-refractivity contribution in [3.05, 3.63) is 36.0 Å². The van der Waals surface area contributed by atoms with Crippen molar-refractivity contribution in [2.24, 2.45) is 0 Å². The van der Waals surface area contributed by atoms with Crippen molar-refractivity contribution < 1.29 is 26.4 Å². The first-order valence-electron chi connectivity index (χ1n) is 12.5. The molecule has 1 aromatic carbocycles. The van der Waals surface area contributed by atoms with Crippen LogP contribution in [0.15, 0.2) is 24.4 Å². The lowest BCUT2D eigenvalue weighted by atomic mass is 10.0. The summed E-state index contributed by atoms with van der Waals surface area (Å²) in [6, 6.07) is 3.61. The number of fused-ring (bicyclic) bond motifs is 2. The number of likely N-dealkylation sites (tertiary alicyclic amines) is 1. The summed E-state index contributed by atoms with van der Waals surface area (Å²) >= 11 is 0. The normalized spacial score (nSPS) is 20.1. The summed E-state index contributed by atoms with van der Waals surface area (Å²) in [6.45, 7) is -2.40. The van der Waals surface area contributed by atoms with E-state index in [1.807, 2.05) is 0 Å². The molecule has 1 atom stereocenters. The second-order valence-corrected chi connectivity index (χ2v) is 8.46. The largest absolute Gasteiger partial charge is 0.479 e. The predicted octanol–water partition coefficient (Wildman–Crippen LogP) is 3.92. The molecule has 1 saturated heterocycles. The van der Waals surface area contributed by atoms with E-state index in [9.17, 15) is 13.2 Å². The van der Waals surface area contributed by atoms with E-state index in [1.54, 1.807) is 29.7 Å². The second kappa shape index (κ2) is 8.67. The Balaban J connectivity index is 1.52. The van der Waals surface area contributed by atoms with Gasteiger partial charge in [0.15, 0.2) is 5.82 Å². The number of imidazole rings is 1. The maximum atomic E-state index is 15.3. The molecule has 0 aliphatic carbocycles. The maximum absolute atomic E-state index is 15.3. The topological polar surface area (TPSA) is 72.5 Å². The van der Waals surface area contributed by atoms with Crippen molar-refractivity contribution in [3.63, 3.8) is 0 Å². The molecular weight excluding hydrogens is 466 g/mol. The van der Waals surface area contributed by atoms with Gasteiger partial charge in [-0.05, 0) is 38.0 Å². The van der Waals surface area contributed by atoms with E-state index < -0.39 is 38.0 Å². The number of methoxy groups -OCH3 is 1. The van der Waals surface area contributed by atoms with E-state index in [0.717, 1.165) is 15.6 Å². The van der Waals surface area contributed by atoms with Gasteiger partial charge in [-0.25, -0.2) is 27.1 Å². The van der Waals surface area contributed by atoms with Crippen LogP contribution in [-0.4, -0.2) is 74.9 Å². The highest BCUT2D eigenvalue weighted by atomic mass is 19.3. The fourth-order valence-electron chi connectivity index (χ4n) is 4.54. The van der Waals surface area contributed by atoms with Crippen LogP contribution in [0.5, 0.6) is 5.88 Å². The number of aromatic nitrogens is 5. The lowest BCUT2D eigenvalue weighted by Crippen LogP contribution is -2.53. The van der Waals surface area contributed by atoms with E-state index in [4.69, 9.17) is 8.85 Å². The number of nitrogens with zero attached hydrogens (tertiary/aromatic N) is 6. The van der Waals surface area contributed by atoms with Gasteiger partial charge in [0.2, 0.25) is 11.8 Å². The fourth-order valence-corrected chi connectivity index (χ4v) is 4.54. The second-order valence-electron chi connectivity index (χ2n) is 8.46. The molecule has 0 bridgehead atoms. The highest BCUT2D eigenvalue weighted by Gasteiger charge is 2.44. The standard InChI is InChI=1S/C23H25F4N7O/c1-13-28-16-5-4-14(10-17(16)33(13)9-7-24)19-15(25)11-34-20(19)21(35-3)30-22(31-34)29-18-6-8-32(2)12-23(18,26)27/h4-5,10-11,18H,6-9,12H2,1-3H3,(H,29,31)/i2D3. The van der Waals surface area contributed by atoms with Crippen molar-refractivity contribution in [3.8, 4) is 17.0 Å². The van der Waals surface area contributed by atoms with Crippen LogP contribution in [0, 0.1) is 12.7 Å². The zero-order chi connectivity index (χ0) is 27.4. The van der Waals surface area contributed by atoms with Gasteiger partial charge >= 0.3 is 0 Å². The molecule has 12 heteroatoms. The molecular formula is C23H25F4N7O. The third kappa shape index (κ3) is 4.05. The molecule has 1 aliphatic rings. The number of benzene rings is 1. The quantitative estimate of drug-likeness (QED) is 0.410. The number of aryl methyl sites for hydroxylation is 2. The van der Waals surface area contributed by atoms with Gasteiger partial charge in [-0.1, -0.05) is 6.07 Å². The Hall–Kier alpha value is -3.41. The molecule has 5 rings (SSSR count). The first-order valence-corrected chi connectivity index (χ1v) is 11.0. The van der Waals surface area contributed by atoms with Gasteiger partial charge in [-0.15, -0.1) is 5.10 Å². The van der Waals surface area contributed by atoms with E-state index in [1.165, 1.54) is 7.11 Å². The Bertz CT molecular complexity index is 1500. The van der Waals surface area contributed by atoms with Crippen LogP contribution in [0.2, 0.25) is 0 Å². The molecule has 0 saturated carbocycles. The van der Waals surface area contributed by atoms with Crippen LogP contribution in [-0.2, 0) is 6.54 Å². The monoisotopic (exact) mass is 494 g/mol. The van der Waals surface area contributed by atoms with Crippen molar-refractivity contribution in [1.82, 2.24) is 29.0 Å². The summed E-state index contributed by atoms with van der Waals surface area (Å²) in [5.41, 5.74) is 2.00. The Morgan fingerprint density at radius 2 is 2.14 bits per heavy atom. The number of alkyl halides is 3. The van der Waals surface area contributed by atoms with Crippen molar-refractivity contribution in [2.45, 2.75) is 31.9 Å². The number of nitrogens with one attached hydrogen (secondary N) is 1. The molecule has 3 aromatic heterocycles. The molecule has 186 valence electrons. The van der Waals surface area contributed by atoms with E-state index in [2.05, 4.69) is 20.4 Å². The SMILES string of the molecule is [2H]C([2H])([2H])N1CCC(Nc2nc(OC)c3c(-c4ccc5nc(C)n(CCF)c5c4)c(F)cn3n2)C(F)(F)C1. The molecule has 0 amide bonds. The molecule has 0 spiro atoms. The third-order valence-corrected chi connectivity index (χ3v) is 6.18. The Labute approximate surface area is 202 Å². The average molecular weight is 495 g/mol. The first-order chi connectivity index (χ1) is 17.9. The molecule has 35 heavy (non-hydrogen) atoms. The number of rotatable bonds is 6. The van der Waals surface area contributed by atoms with Gasteiger partial charge in [0, 0.05) is 10.7 Å². The minimum Gasteiger partial charge on any atom is -0.479 e. The number of halogens is 4. The number of ether oxygens (including phenoxy) is 1. The molecule has 1 aliphatic heterocycles. The number of hydrogen-bond acceptors (Lipinski definition) is 6. The molecule has 4 aromatic rings. The van der Waals surface area contributed by atoms with Crippen LogP contribution < -0.4 is 10.1 Å². The maximum Gasteiger partial charge on any atom is 0.280 e. The van der Waals surface area contributed by atoms with Gasteiger partial charge in [-0.3, -0.25) is 0 Å². The van der Waals surface area contributed by atoms with Crippen molar-refractivity contribution in [2.75, 3.05) is 39.2 Å². The van der Waals surface area contributed by atoms with Gasteiger partial charge in [-0.2, -0.15) is 4.98 Å². The molecule has 0 radical (unpaired) electrons. The molecule has 4 heterocycles. The van der Waals surface area contributed by atoms with Gasteiger partial charge < -0.3 is 19.5 Å². The highest BCUT2D eigenvalue weighted by Crippen LogP contribution is 2.36. The first kappa shape index (κ1) is 19.8. The smallest absolute Gasteiger partial charge is 0.280 e. The molecule has 8 nitrogen and oxygen atoms in total. The van der Waals surface area contributed by atoms with Crippen LogP contribution in [0.4, 0.5) is 23.5 Å². The average Bonchev–Trinajstić information content (AvgIpc) is 3.34. The Kier molecular flexibility index (Phi) is 4.92. The van der Waals surface area contributed by atoms with Gasteiger partial charge in [0.1, 0.15) is 18.0 Å². The lowest BCUT2D eigenvalue weighted by Gasteiger charge is -2.36. The predicted molar refractivity (Wildman–Crippen MR) is 123 cm³/mol. The summed E-state index contributed by atoms with van der Waals surface area (Å²) < 4.78 is 88.5. The minimum absolute atomic E-state index is 0.0572.